The number of hydrogen-bond acceptors (Lipinski definition) is 4. The predicted octanol–water partition coefficient (Wildman–Crippen LogP) is 2.43. The van der Waals surface area contributed by atoms with Gasteiger partial charge in [0, 0.05) is 11.8 Å². The highest BCUT2D eigenvalue weighted by molar-refractivity contribution is 5.59. The minimum Gasteiger partial charge on any atom is -0.496 e. The smallest absolute Gasteiger partial charge is 0.128 e. The Morgan fingerprint density at radius 2 is 1.76 bits per heavy atom. The van der Waals surface area contributed by atoms with Gasteiger partial charge in [0.2, 0.25) is 0 Å². The number of methoxy groups -OCH3 is 2. The third-order valence-corrected chi connectivity index (χ3v) is 3.49. The van der Waals surface area contributed by atoms with E-state index in [1.165, 1.54) is 0 Å². The van der Waals surface area contributed by atoms with Gasteiger partial charge < -0.3 is 14.6 Å². The van der Waals surface area contributed by atoms with E-state index in [4.69, 9.17) is 9.47 Å². The number of ether oxygens (including phenoxy) is 2. The Morgan fingerprint density at radius 3 is 2.43 bits per heavy atom. The summed E-state index contributed by atoms with van der Waals surface area (Å²) in [5.74, 6) is 1.16. The van der Waals surface area contributed by atoms with Crippen molar-refractivity contribution in [1.82, 2.24) is 9.61 Å². The lowest BCUT2D eigenvalue weighted by Gasteiger charge is -2.17. The minimum absolute atomic E-state index is 0.581. The van der Waals surface area contributed by atoms with Crippen LogP contribution in [0.4, 0.5) is 0 Å². The summed E-state index contributed by atoms with van der Waals surface area (Å²) in [6, 6.07) is 11.1. The summed E-state index contributed by atoms with van der Waals surface area (Å²) in [5.41, 5.74) is 2.15. The summed E-state index contributed by atoms with van der Waals surface area (Å²) in [6.07, 6.45) is 2.62. The van der Waals surface area contributed by atoms with Crippen molar-refractivity contribution in [3.63, 3.8) is 0 Å². The van der Waals surface area contributed by atoms with Crippen molar-refractivity contribution in [2.24, 2.45) is 0 Å². The average Bonchev–Trinajstić information content (AvgIpc) is 2.97. The molecule has 0 saturated carbocycles. The SMILES string of the molecule is COc1cccc(OC)c1C(O)c1cnn2ccccc12. The molecule has 0 aliphatic heterocycles. The van der Waals surface area contributed by atoms with Gasteiger partial charge in [-0.2, -0.15) is 5.10 Å². The molecular weight excluding hydrogens is 268 g/mol. The predicted molar refractivity (Wildman–Crippen MR) is 78.8 cm³/mol. The molecule has 0 amide bonds. The molecular formula is C16H16N2O3. The molecule has 0 saturated heterocycles. The van der Waals surface area contributed by atoms with Crippen LogP contribution in [0.2, 0.25) is 0 Å². The largest absolute Gasteiger partial charge is 0.496 e. The van der Waals surface area contributed by atoms with Crippen molar-refractivity contribution < 1.29 is 14.6 Å². The van der Waals surface area contributed by atoms with E-state index in [1.807, 2.05) is 30.5 Å². The van der Waals surface area contributed by atoms with E-state index in [0.29, 0.717) is 22.6 Å². The van der Waals surface area contributed by atoms with Crippen molar-refractivity contribution >= 4 is 5.52 Å². The Kier molecular flexibility index (Phi) is 3.50. The molecule has 1 unspecified atom stereocenters. The van der Waals surface area contributed by atoms with Crippen LogP contribution in [0.5, 0.6) is 11.5 Å². The molecule has 1 aromatic carbocycles. The van der Waals surface area contributed by atoms with Crippen molar-refractivity contribution in [3.05, 3.63) is 59.9 Å². The van der Waals surface area contributed by atoms with Crippen LogP contribution in [0.15, 0.2) is 48.8 Å². The number of hydrogen-bond donors (Lipinski definition) is 1. The summed E-state index contributed by atoms with van der Waals surface area (Å²) >= 11 is 0. The molecule has 2 aromatic heterocycles. The number of fused-ring (bicyclic) bond motifs is 1. The second-order valence-corrected chi connectivity index (χ2v) is 4.61. The molecule has 5 heteroatoms. The third-order valence-electron chi connectivity index (χ3n) is 3.49. The number of pyridine rings is 1. The standard InChI is InChI=1S/C16H16N2O3/c1-20-13-7-5-8-14(21-2)15(13)16(19)11-10-17-18-9-4-3-6-12(11)18/h3-10,16,19H,1-2H3. The molecule has 108 valence electrons. The lowest BCUT2D eigenvalue weighted by Crippen LogP contribution is -2.05. The Hall–Kier alpha value is -2.53. The topological polar surface area (TPSA) is 56.0 Å². The van der Waals surface area contributed by atoms with Crippen LogP contribution in [-0.2, 0) is 0 Å². The van der Waals surface area contributed by atoms with Crippen LogP contribution < -0.4 is 9.47 Å². The molecule has 0 radical (unpaired) electrons. The summed E-state index contributed by atoms with van der Waals surface area (Å²) in [7, 11) is 3.14. The zero-order valence-corrected chi connectivity index (χ0v) is 11.9. The number of benzene rings is 1. The molecule has 2 heterocycles. The minimum atomic E-state index is -0.879. The molecule has 21 heavy (non-hydrogen) atoms. The van der Waals surface area contributed by atoms with Crippen molar-refractivity contribution in [1.29, 1.82) is 0 Å². The van der Waals surface area contributed by atoms with Crippen LogP contribution in [-0.4, -0.2) is 28.9 Å². The van der Waals surface area contributed by atoms with Gasteiger partial charge >= 0.3 is 0 Å². The van der Waals surface area contributed by atoms with Crippen LogP contribution in [0.3, 0.4) is 0 Å². The normalized spacial score (nSPS) is 12.3. The van der Waals surface area contributed by atoms with E-state index in [0.717, 1.165) is 5.52 Å². The fourth-order valence-corrected chi connectivity index (χ4v) is 2.47. The number of nitrogens with zero attached hydrogens (tertiary/aromatic N) is 2. The van der Waals surface area contributed by atoms with E-state index >= 15 is 0 Å². The first-order chi connectivity index (χ1) is 10.3. The maximum absolute atomic E-state index is 10.8. The summed E-state index contributed by atoms with van der Waals surface area (Å²) in [5, 5.41) is 15.0. The van der Waals surface area contributed by atoms with Crippen LogP contribution >= 0.6 is 0 Å². The fraction of sp³-hybridized carbons (Fsp3) is 0.188. The number of aliphatic hydroxyl groups is 1. The molecule has 0 aliphatic rings. The second kappa shape index (κ2) is 5.46. The first-order valence-electron chi connectivity index (χ1n) is 6.57. The van der Waals surface area contributed by atoms with Crippen LogP contribution in [0.1, 0.15) is 17.2 Å². The Bertz CT molecular complexity index is 745. The Labute approximate surface area is 122 Å². The van der Waals surface area contributed by atoms with Gasteiger partial charge in [0.15, 0.2) is 0 Å². The lowest BCUT2D eigenvalue weighted by atomic mass is 10.0. The van der Waals surface area contributed by atoms with E-state index in [1.54, 1.807) is 37.1 Å². The zero-order valence-electron chi connectivity index (χ0n) is 11.9. The summed E-state index contributed by atoms with van der Waals surface area (Å²) in [6.45, 7) is 0. The molecule has 3 rings (SSSR count). The molecule has 0 aliphatic carbocycles. The molecule has 3 aromatic rings. The van der Waals surface area contributed by atoms with Gasteiger partial charge in [0.25, 0.3) is 0 Å². The first-order valence-corrected chi connectivity index (χ1v) is 6.57. The molecule has 1 atom stereocenters. The highest BCUT2D eigenvalue weighted by Crippen LogP contribution is 2.38. The van der Waals surface area contributed by atoms with E-state index < -0.39 is 6.10 Å². The van der Waals surface area contributed by atoms with Crippen molar-refractivity contribution in [2.45, 2.75) is 6.10 Å². The zero-order chi connectivity index (χ0) is 14.8. The molecule has 5 nitrogen and oxygen atoms in total. The van der Waals surface area contributed by atoms with Gasteiger partial charge in [0.05, 0.1) is 31.5 Å². The molecule has 0 fully saturated rings. The first kappa shape index (κ1) is 13.5. The lowest BCUT2D eigenvalue weighted by molar-refractivity contribution is 0.210. The van der Waals surface area contributed by atoms with Crippen LogP contribution in [0.25, 0.3) is 5.52 Å². The summed E-state index contributed by atoms with van der Waals surface area (Å²) in [4.78, 5) is 0. The fourth-order valence-electron chi connectivity index (χ4n) is 2.47. The van der Waals surface area contributed by atoms with Gasteiger partial charge in [-0.15, -0.1) is 0 Å². The van der Waals surface area contributed by atoms with Gasteiger partial charge in [-0.1, -0.05) is 12.1 Å². The monoisotopic (exact) mass is 284 g/mol. The van der Waals surface area contributed by atoms with Crippen LogP contribution in [0, 0.1) is 0 Å². The van der Waals surface area contributed by atoms with E-state index in [9.17, 15) is 5.11 Å². The maximum Gasteiger partial charge on any atom is 0.128 e. The Balaban J connectivity index is 2.16. The maximum atomic E-state index is 10.8. The Morgan fingerprint density at radius 1 is 1.05 bits per heavy atom. The highest BCUT2D eigenvalue weighted by Gasteiger charge is 2.23. The van der Waals surface area contributed by atoms with Gasteiger partial charge in [-0.05, 0) is 24.3 Å². The average molecular weight is 284 g/mol. The van der Waals surface area contributed by atoms with Crippen molar-refractivity contribution in [3.8, 4) is 11.5 Å². The van der Waals surface area contributed by atoms with Crippen molar-refractivity contribution in [2.75, 3.05) is 14.2 Å². The number of aliphatic hydroxyl groups excluding tert-OH is 1. The third kappa shape index (κ3) is 2.21. The van der Waals surface area contributed by atoms with Gasteiger partial charge in [-0.3, -0.25) is 0 Å². The van der Waals surface area contributed by atoms with Gasteiger partial charge in [-0.25, -0.2) is 4.52 Å². The molecule has 0 spiro atoms. The number of rotatable bonds is 4. The quantitative estimate of drug-likeness (QED) is 0.799. The van der Waals surface area contributed by atoms with Gasteiger partial charge in [0.1, 0.15) is 17.6 Å². The second-order valence-electron chi connectivity index (χ2n) is 4.61. The molecule has 0 bridgehead atoms. The number of aromatic nitrogens is 2. The molecule has 1 N–H and O–H groups in total. The highest BCUT2D eigenvalue weighted by atomic mass is 16.5. The van der Waals surface area contributed by atoms with E-state index in [2.05, 4.69) is 5.10 Å². The van der Waals surface area contributed by atoms with E-state index in [-0.39, 0.29) is 0 Å². The summed E-state index contributed by atoms with van der Waals surface area (Å²) < 4.78 is 12.4.